The second kappa shape index (κ2) is 5.72. The molecule has 1 aromatic carbocycles. The predicted molar refractivity (Wildman–Crippen MR) is 76.6 cm³/mol. The molecule has 108 valence electrons. The predicted octanol–water partition coefficient (Wildman–Crippen LogP) is 2.65. The number of benzene rings is 1. The van der Waals surface area contributed by atoms with Gasteiger partial charge in [-0.3, -0.25) is 9.82 Å². The number of aromatic amines is 1. The lowest BCUT2D eigenvalue weighted by Gasteiger charge is -2.13. The first kappa shape index (κ1) is 14.7. The molecule has 0 aliphatic rings. The number of H-pyrrole nitrogens is 1. The van der Waals surface area contributed by atoms with Crippen molar-refractivity contribution in [2.45, 2.75) is 25.0 Å². The van der Waals surface area contributed by atoms with Gasteiger partial charge in [0.05, 0.1) is 23.0 Å². The zero-order valence-corrected chi connectivity index (χ0v) is 12.5. The van der Waals surface area contributed by atoms with Gasteiger partial charge in [0.1, 0.15) is 5.75 Å². The highest BCUT2D eigenvalue weighted by atomic mass is 35.5. The molecule has 0 bridgehead atoms. The van der Waals surface area contributed by atoms with Crippen LogP contribution in [-0.4, -0.2) is 24.7 Å². The minimum absolute atomic E-state index is 0.0139. The molecule has 2 aromatic rings. The standard InChI is InChI=1S/C12H14ClN3O3S/c1-8(2)19-11-4-3-9(7-10(11)13)16-20(17,18)12-5-6-14-15-12/h3-8,16H,1-2H3,(H,14,15). The Balaban J connectivity index is 2.21. The van der Waals surface area contributed by atoms with Gasteiger partial charge in [0.2, 0.25) is 0 Å². The highest BCUT2D eigenvalue weighted by molar-refractivity contribution is 7.92. The number of nitrogens with zero attached hydrogens (tertiary/aromatic N) is 1. The van der Waals surface area contributed by atoms with E-state index in [1.54, 1.807) is 12.1 Å². The maximum absolute atomic E-state index is 12.0. The van der Waals surface area contributed by atoms with Gasteiger partial charge in [-0.05, 0) is 38.1 Å². The van der Waals surface area contributed by atoms with Crippen molar-refractivity contribution in [2.75, 3.05) is 4.72 Å². The summed E-state index contributed by atoms with van der Waals surface area (Å²) >= 11 is 6.05. The molecule has 2 rings (SSSR count). The second-order valence-electron chi connectivity index (χ2n) is 4.34. The number of hydrogen-bond donors (Lipinski definition) is 2. The Hall–Kier alpha value is -1.73. The van der Waals surface area contributed by atoms with E-state index >= 15 is 0 Å². The first-order valence-corrected chi connectivity index (χ1v) is 7.73. The smallest absolute Gasteiger partial charge is 0.278 e. The van der Waals surface area contributed by atoms with Crippen molar-refractivity contribution in [3.63, 3.8) is 0 Å². The monoisotopic (exact) mass is 315 g/mol. The van der Waals surface area contributed by atoms with Gasteiger partial charge in [-0.2, -0.15) is 13.5 Å². The van der Waals surface area contributed by atoms with Gasteiger partial charge in [-0.15, -0.1) is 0 Å². The van der Waals surface area contributed by atoms with E-state index in [2.05, 4.69) is 14.9 Å². The molecule has 1 heterocycles. The van der Waals surface area contributed by atoms with E-state index in [0.717, 1.165) is 0 Å². The minimum Gasteiger partial charge on any atom is -0.489 e. The fourth-order valence-electron chi connectivity index (χ4n) is 1.52. The maximum Gasteiger partial charge on any atom is 0.278 e. The maximum atomic E-state index is 12.0. The summed E-state index contributed by atoms with van der Waals surface area (Å²) in [6.45, 7) is 3.76. The van der Waals surface area contributed by atoms with Gasteiger partial charge in [-0.25, -0.2) is 0 Å². The van der Waals surface area contributed by atoms with Crippen LogP contribution in [0.25, 0.3) is 0 Å². The summed E-state index contributed by atoms with van der Waals surface area (Å²) in [4.78, 5) is 0. The van der Waals surface area contributed by atoms with Gasteiger partial charge < -0.3 is 4.74 Å². The van der Waals surface area contributed by atoms with E-state index in [4.69, 9.17) is 16.3 Å². The zero-order valence-electron chi connectivity index (χ0n) is 10.9. The normalized spacial score (nSPS) is 11.6. The third-order valence-electron chi connectivity index (χ3n) is 2.31. The van der Waals surface area contributed by atoms with Gasteiger partial charge >= 0.3 is 0 Å². The molecule has 1 aromatic heterocycles. The Bertz CT molecular complexity index is 684. The molecule has 8 heteroatoms. The van der Waals surface area contributed by atoms with Crippen LogP contribution in [0.2, 0.25) is 5.02 Å². The molecule has 0 spiro atoms. The largest absolute Gasteiger partial charge is 0.489 e. The van der Waals surface area contributed by atoms with Crippen LogP contribution in [0, 0.1) is 0 Å². The lowest BCUT2D eigenvalue weighted by molar-refractivity contribution is 0.242. The second-order valence-corrected chi connectivity index (χ2v) is 6.40. The summed E-state index contributed by atoms with van der Waals surface area (Å²) in [5.74, 6) is 0.506. The van der Waals surface area contributed by atoms with Crippen molar-refractivity contribution < 1.29 is 13.2 Å². The van der Waals surface area contributed by atoms with E-state index in [9.17, 15) is 8.42 Å². The van der Waals surface area contributed by atoms with Crippen LogP contribution in [0.5, 0.6) is 5.75 Å². The molecule has 0 saturated heterocycles. The molecular formula is C12H14ClN3O3S. The first-order chi connectivity index (χ1) is 9.38. The van der Waals surface area contributed by atoms with Crippen LogP contribution >= 0.6 is 11.6 Å². The average Bonchev–Trinajstić information content (AvgIpc) is 2.86. The fraction of sp³-hybridized carbons (Fsp3) is 0.250. The molecule has 0 saturated carbocycles. The van der Waals surface area contributed by atoms with Crippen molar-refractivity contribution in [1.82, 2.24) is 10.2 Å². The van der Waals surface area contributed by atoms with Crippen LogP contribution < -0.4 is 9.46 Å². The summed E-state index contributed by atoms with van der Waals surface area (Å²) in [5, 5.41) is 6.31. The third-order valence-corrected chi connectivity index (χ3v) is 3.92. The molecular weight excluding hydrogens is 302 g/mol. The van der Waals surface area contributed by atoms with Gasteiger partial charge in [0, 0.05) is 0 Å². The van der Waals surface area contributed by atoms with Crippen LogP contribution in [0.15, 0.2) is 35.5 Å². The van der Waals surface area contributed by atoms with E-state index in [1.165, 1.54) is 18.3 Å². The number of rotatable bonds is 5. The SMILES string of the molecule is CC(C)Oc1ccc(NS(=O)(=O)c2ccn[nH]2)cc1Cl. The van der Waals surface area contributed by atoms with Gasteiger partial charge in [0.25, 0.3) is 10.0 Å². The number of nitrogens with one attached hydrogen (secondary N) is 2. The number of aromatic nitrogens is 2. The van der Waals surface area contributed by atoms with E-state index in [0.29, 0.717) is 16.5 Å². The quantitative estimate of drug-likeness (QED) is 0.888. The van der Waals surface area contributed by atoms with Crippen LogP contribution in [0.1, 0.15) is 13.8 Å². The first-order valence-electron chi connectivity index (χ1n) is 5.87. The van der Waals surface area contributed by atoms with E-state index < -0.39 is 10.0 Å². The highest BCUT2D eigenvalue weighted by Crippen LogP contribution is 2.29. The third kappa shape index (κ3) is 3.43. The molecule has 6 nitrogen and oxygen atoms in total. The summed E-state index contributed by atoms with van der Waals surface area (Å²) in [5.41, 5.74) is 0.348. The highest BCUT2D eigenvalue weighted by Gasteiger charge is 2.16. The lowest BCUT2D eigenvalue weighted by Crippen LogP contribution is -2.13. The molecule has 0 amide bonds. The molecule has 2 N–H and O–H groups in total. The molecule has 0 radical (unpaired) electrons. The number of sulfonamides is 1. The van der Waals surface area contributed by atoms with Gasteiger partial charge in [0.15, 0.2) is 5.03 Å². The lowest BCUT2D eigenvalue weighted by atomic mass is 10.3. The van der Waals surface area contributed by atoms with Crippen molar-refractivity contribution in [1.29, 1.82) is 0 Å². The van der Waals surface area contributed by atoms with Crippen LogP contribution in [0.3, 0.4) is 0 Å². The van der Waals surface area contributed by atoms with Crippen molar-refractivity contribution in [2.24, 2.45) is 0 Å². The number of hydrogen-bond acceptors (Lipinski definition) is 4. The van der Waals surface area contributed by atoms with Crippen LogP contribution in [0.4, 0.5) is 5.69 Å². The summed E-state index contributed by atoms with van der Waals surface area (Å²) in [7, 11) is -3.69. The Labute approximate surface area is 122 Å². The Morgan fingerprint density at radius 3 is 2.65 bits per heavy atom. The van der Waals surface area contributed by atoms with E-state index in [-0.39, 0.29) is 11.1 Å². The fourth-order valence-corrected chi connectivity index (χ4v) is 2.70. The van der Waals surface area contributed by atoms with Crippen molar-refractivity contribution in [3.05, 3.63) is 35.5 Å². The Kier molecular flexibility index (Phi) is 4.20. The number of ether oxygens (including phenoxy) is 1. The molecule has 0 aliphatic carbocycles. The summed E-state index contributed by atoms with van der Waals surface area (Å²) < 4.78 is 31.8. The average molecular weight is 316 g/mol. The molecule has 20 heavy (non-hydrogen) atoms. The number of anilines is 1. The molecule has 0 unspecified atom stereocenters. The van der Waals surface area contributed by atoms with Crippen molar-refractivity contribution >= 4 is 27.3 Å². The molecule has 0 atom stereocenters. The molecule has 0 aliphatic heterocycles. The van der Waals surface area contributed by atoms with E-state index in [1.807, 2.05) is 13.8 Å². The Morgan fingerprint density at radius 1 is 1.35 bits per heavy atom. The van der Waals surface area contributed by atoms with Gasteiger partial charge in [-0.1, -0.05) is 11.6 Å². The Morgan fingerprint density at radius 2 is 2.10 bits per heavy atom. The summed E-state index contributed by atoms with van der Waals surface area (Å²) in [6, 6.07) is 6.05. The number of halogens is 1. The summed E-state index contributed by atoms with van der Waals surface area (Å²) in [6.07, 6.45) is 1.35. The zero-order chi connectivity index (χ0) is 14.8. The van der Waals surface area contributed by atoms with Crippen LogP contribution in [-0.2, 0) is 10.0 Å². The van der Waals surface area contributed by atoms with Crippen molar-refractivity contribution in [3.8, 4) is 5.75 Å². The topological polar surface area (TPSA) is 84.1 Å². The molecule has 0 fully saturated rings. The minimum atomic E-state index is -3.69.